The molecule has 0 spiro atoms. The Morgan fingerprint density at radius 2 is 1.86 bits per heavy atom. The number of hydrogen-bond acceptors (Lipinski definition) is 6. The van der Waals surface area contributed by atoms with Gasteiger partial charge in [0.15, 0.2) is 5.65 Å². The van der Waals surface area contributed by atoms with Gasteiger partial charge in [-0.3, -0.25) is 0 Å². The van der Waals surface area contributed by atoms with Crippen molar-refractivity contribution < 1.29 is 9.47 Å². The van der Waals surface area contributed by atoms with Gasteiger partial charge < -0.3 is 20.2 Å². The molecule has 21 heavy (non-hydrogen) atoms. The summed E-state index contributed by atoms with van der Waals surface area (Å²) < 4.78 is 12.5. The minimum atomic E-state index is 0.0910. The first-order valence-electron chi connectivity index (χ1n) is 5.76. The first kappa shape index (κ1) is 14.1. The number of rotatable bonds is 3. The van der Waals surface area contributed by atoms with Gasteiger partial charge in [-0.15, -0.1) is 0 Å². The van der Waals surface area contributed by atoms with Crippen LogP contribution >= 0.6 is 31.9 Å². The van der Waals surface area contributed by atoms with Crippen LogP contribution in [0.25, 0.3) is 11.2 Å². The Balaban J connectivity index is 2.06. The predicted octanol–water partition coefficient (Wildman–Crippen LogP) is 3.26. The maximum Gasteiger partial charge on any atom is 0.250 e. The second-order valence-electron chi connectivity index (χ2n) is 4.01. The van der Waals surface area contributed by atoms with E-state index in [1.807, 2.05) is 0 Å². The van der Waals surface area contributed by atoms with E-state index in [2.05, 4.69) is 51.8 Å². The molecule has 0 bridgehead atoms. The van der Waals surface area contributed by atoms with Crippen molar-refractivity contribution in [2.45, 2.75) is 0 Å². The standard InChI is InChI=1S/C12H9Br2N5O2/c1-20-7-2-6(14)8(3-5(7)13)21-11-9-10(17-4-16-9)18-12(15)19-11/h2-4H,1H3,(H3,15,16,17,18,19). The second kappa shape index (κ2) is 5.49. The molecule has 3 N–H and O–H groups in total. The Labute approximate surface area is 136 Å². The maximum absolute atomic E-state index is 5.81. The summed E-state index contributed by atoms with van der Waals surface area (Å²) in [6.45, 7) is 0. The number of halogens is 2. The van der Waals surface area contributed by atoms with Crippen molar-refractivity contribution in [3.63, 3.8) is 0 Å². The van der Waals surface area contributed by atoms with Crippen LogP contribution in [0, 0.1) is 0 Å². The van der Waals surface area contributed by atoms with Crippen molar-refractivity contribution >= 4 is 49.0 Å². The highest BCUT2D eigenvalue weighted by Gasteiger charge is 2.14. The number of hydrogen-bond donors (Lipinski definition) is 2. The molecule has 0 radical (unpaired) electrons. The number of nitrogens with two attached hydrogens (primary N) is 1. The number of aromatic amines is 1. The molecule has 1 aromatic carbocycles. The van der Waals surface area contributed by atoms with Gasteiger partial charge in [-0.05, 0) is 44.0 Å². The average molecular weight is 415 g/mol. The summed E-state index contributed by atoms with van der Waals surface area (Å²) in [5, 5.41) is 0. The fraction of sp³-hybridized carbons (Fsp3) is 0.0833. The number of benzene rings is 1. The van der Waals surface area contributed by atoms with Crippen LogP contribution in [0.4, 0.5) is 5.95 Å². The largest absolute Gasteiger partial charge is 0.496 e. The highest BCUT2D eigenvalue weighted by Crippen LogP contribution is 2.38. The molecule has 0 saturated heterocycles. The molecule has 0 unspecified atom stereocenters. The molecule has 0 aliphatic carbocycles. The van der Waals surface area contributed by atoms with Crippen LogP contribution in [-0.2, 0) is 0 Å². The van der Waals surface area contributed by atoms with E-state index in [9.17, 15) is 0 Å². The van der Waals surface area contributed by atoms with E-state index in [0.717, 1.165) is 4.47 Å². The average Bonchev–Trinajstić information content (AvgIpc) is 2.90. The van der Waals surface area contributed by atoms with E-state index in [1.54, 1.807) is 19.2 Å². The Morgan fingerprint density at radius 1 is 1.14 bits per heavy atom. The van der Waals surface area contributed by atoms with Crippen molar-refractivity contribution in [1.29, 1.82) is 0 Å². The van der Waals surface area contributed by atoms with Gasteiger partial charge in [-0.1, -0.05) is 0 Å². The summed E-state index contributed by atoms with van der Waals surface area (Å²) in [5.41, 5.74) is 6.67. The molecule has 7 nitrogen and oxygen atoms in total. The van der Waals surface area contributed by atoms with E-state index < -0.39 is 0 Å². The number of aromatic nitrogens is 4. The minimum absolute atomic E-state index is 0.0910. The first-order valence-corrected chi connectivity index (χ1v) is 7.34. The zero-order chi connectivity index (χ0) is 15.0. The molecule has 9 heteroatoms. The Kier molecular flexibility index (Phi) is 3.68. The quantitative estimate of drug-likeness (QED) is 0.682. The molecule has 2 aromatic heterocycles. The summed E-state index contributed by atoms with van der Waals surface area (Å²) >= 11 is 6.83. The zero-order valence-corrected chi connectivity index (χ0v) is 13.9. The third-order valence-corrected chi connectivity index (χ3v) is 3.92. The lowest BCUT2D eigenvalue weighted by atomic mass is 10.3. The fourth-order valence-electron chi connectivity index (χ4n) is 1.75. The van der Waals surface area contributed by atoms with Crippen LogP contribution in [0.5, 0.6) is 17.4 Å². The van der Waals surface area contributed by atoms with Crippen molar-refractivity contribution in [2.75, 3.05) is 12.8 Å². The first-order chi connectivity index (χ1) is 10.1. The van der Waals surface area contributed by atoms with Crippen molar-refractivity contribution in [2.24, 2.45) is 0 Å². The zero-order valence-electron chi connectivity index (χ0n) is 10.7. The van der Waals surface area contributed by atoms with Gasteiger partial charge in [0.2, 0.25) is 5.95 Å². The summed E-state index contributed by atoms with van der Waals surface area (Å²) in [7, 11) is 1.59. The van der Waals surface area contributed by atoms with Gasteiger partial charge in [0.25, 0.3) is 5.88 Å². The SMILES string of the molecule is COc1cc(Br)c(Oc2nc(N)nc3nc[nH]c23)cc1Br. The van der Waals surface area contributed by atoms with E-state index >= 15 is 0 Å². The Morgan fingerprint density at radius 3 is 2.62 bits per heavy atom. The second-order valence-corrected chi connectivity index (χ2v) is 5.72. The number of fused-ring (bicyclic) bond motifs is 1. The lowest BCUT2D eigenvalue weighted by molar-refractivity contribution is 0.409. The van der Waals surface area contributed by atoms with Gasteiger partial charge in [-0.25, -0.2) is 4.98 Å². The van der Waals surface area contributed by atoms with E-state index in [1.165, 1.54) is 6.33 Å². The van der Waals surface area contributed by atoms with Crippen molar-refractivity contribution in [3.8, 4) is 17.4 Å². The molecule has 0 saturated carbocycles. The molecule has 108 valence electrons. The normalized spacial score (nSPS) is 10.8. The van der Waals surface area contributed by atoms with Crippen LogP contribution in [0.2, 0.25) is 0 Å². The maximum atomic E-state index is 5.81. The molecule has 3 aromatic rings. The molecule has 0 aliphatic rings. The van der Waals surface area contributed by atoms with Crippen LogP contribution in [0.1, 0.15) is 0 Å². The topological polar surface area (TPSA) is 98.9 Å². The van der Waals surface area contributed by atoms with E-state index in [0.29, 0.717) is 33.0 Å². The minimum Gasteiger partial charge on any atom is -0.496 e. The van der Waals surface area contributed by atoms with Crippen LogP contribution in [0.3, 0.4) is 0 Å². The number of nitrogen functional groups attached to an aromatic ring is 1. The molecule has 0 fully saturated rings. The molecular formula is C12H9Br2N5O2. The number of H-pyrrole nitrogens is 1. The van der Waals surface area contributed by atoms with Gasteiger partial charge >= 0.3 is 0 Å². The molecule has 0 atom stereocenters. The summed E-state index contributed by atoms with van der Waals surface area (Å²) in [6, 6.07) is 3.55. The van der Waals surface area contributed by atoms with Crippen molar-refractivity contribution in [1.82, 2.24) is 19.9 Å². The Hall–Kier alpha value is -1.87. The third-order valence-electron chi connectivity index (χ3n) is 2.68. The van der Waals surface area contributed by atoms with Crippen LogP contribution < -0.4 is 15.2 Å². The summed E-state index contributed by atoms with van der Waals surface area (Å²) in [5.74, 6) is 1.63. The third kappa shape index (κ3) is 2.66. The Bertz CT molecular complexity index is 821. The summed E-state index contributed by atoms with van der Waals surface area (Å²) in [6.07, 6.45) is 1.50. The molecule has 0 aliphatic heterocycles. The number of methoxy groups -OCH3 is 1. The molecule has 0 amide bonds. The van der Waals surface area contributed by atoms with E-state index in [4.69, 9.17) is 15.2 Å². The van der Waals surface area contributed by atoms with Crippen molar-refractivity contribution in [3.05, 3.63) is 27.4 Å². The number of ether oxygens (including phenoxy) is 2. The van der Waals surface area contributed by atoms with Gasteiger partial charge in [0, 0.05) is 0 Å². The monoisotopic (exact) mass is 413 g/mol. The lowest BCUT2D eigenvalue weighted by Crippen LogP contribution is -1.99. The highest BCUT2D eigenvalue weighted by molar-refractivity contribution is 9.11. The number of imidazole rings is 1. The van der Waals surface area contributed by atoms with E-state index in [-0.39, 0.29) is 5.95 Å². The number of nitrogens with zero attached hydrogens (tertiary/aromatic N) is 3. The lowest BCUT2D eigenvalue weighted by Gasteiger charge is -2.10. The van der Waals surface area contributed by atoms with Crippen LogP contribution in [-0.4, -0.2) is 27.0 Å². The van der Waals surface area contributed by atoms with Gasteiger partial charge in [-0.2, -0.15) is 9.97 Å². The van der Waals surface area contributed by atoms with Gasteiger partial charge in [0.1, 0.15) is 17.0 Å². The van der Waals surface area contributed by atoms with Gasteiger partial charge in [0.05, 0.1) is 22.4 Å². The molecule has 3 rings (SSSR count). The predicted molar refractivity (Wildman–Crippen MR) is 84.6 cm³/mol. The summed E-state index contributed by atoms with van der Waals surface area (Å²) in [4.78, 5) is 15.1. The number of anilines is 1. The van der Waals surface area contributed by atoms with Crippen LogP contribution in [0.15, 0.2) is 27.4 Å². The fourth-order valence-corrected chi connectivity index (χ4v) is 2.63. The number of nitrogens with one attached hydrogen (secondary N) is 1. The molecular weight excluding hydrogens is 406 g/mol. The smallest absolute Gasteiger partial charge is 0.250 e. The highest BCUT2D eigenvalue weighted by atomic mass is 79.9. The molecule has 2 heterocycles.